The fourth-order valence-electron chi connectivity index (χ4n) is 4.23. The van der Waals surface area contributed by atoms with E-state index in [1.54, 1.807) is 0 Å². The third kappa shape index (κ3) is 10.7. The molecular weight excluding hydrogens is 516 g/mol. The van der Waals surface area contributed by atoms with Crippen molar-refractivity contribution in [1.29, 1.82) is 0 Å². The van der Waals surface area contributed by atoms with Gasteiger partial charge in [-0.25, -0.2) is 0 Å². The van der Waals surface area contributed by atoms with Crippen LogP contribution in [0.3, 0.4) is 0 Å². The molecule has 4 rings (SSSR count). The number of nitrogens with zero attached hydrogens (tertiary/aromatic N) is 2. The molecule has 0 amide bonds. The average Bonchev–Trinajstić information content (AvgIpc) is 3.05. The van der Waals surface area contributed by atoms with Gasteiger partial charge in [0, 0.05) is 25.5 Å². The van der Waals surface area contributed by atoms with E-state index in [1.165, 1.54) is 0 Å². The second-order valence-corrected chi connectivity index (χ2v) is 10.1. The lowest BCUT2D eigenvalue weighted by Gasteiger charge is -2.07. The Morgan fingerprint density at radius 2 is 0.810 bits per heavy atom. The monoisotopic (exact) mass is 556 g/mol. The summed E-state index contributed by atoms with van der Waals surface area (Å²) in [6.07, 6.45) is 12.1. The molecule has 4 aromatic carbocycles. The Bertz CT molecular complexity index is 1310. The van der Waals surface area contributed by atoms with Gasteiger partial charge in [0.1, 0.15) is 24.7 Å². The second-order valence-electron chi connectivity index (χ2n) is 10.1. The summed E-state index contributed by atoms with van der Waals surface area (Å²) in [5.41, 5.74) is 6.67. The van der Waals surface area contributed by atoms with Gasteiger partial charge in [0.05, 0.1) is 0 Å². The number of hydrogen-bond acceptors (Lipinski definition) is 4. The van der Waals surface area contributed by atoms with Crippen LogP contribution < -0.4 is 9.47 Å². The van der Waals surface area contributed by atoms with Crippen LogP contribution in [-0.4, -0.2) is 25.5 Å². The van der Waals surface area contributed by atoms with Gasteiger partial charge in [0.25, 0.3) is 0 Å². The van der Waals surface area contributed by atoms with E-state index in [0.717, 1.165) is 83.7 Å². The molecule has 0 N–H and O–H groups in total. The number of benzene rings is 4. The highest BCUT2D eigenvalue weighted by molar-refractivity contribution is 5.80. The van der Waals surface area contributed by atoms with E-state index in [9.17, 15) is 0 Å². The summed E-state index contributed by atoms with van der Waals surface area (Å²) < 4.78 is 11.8. The smallest absolute Gasteiger partial charge is 0.119 e. The fraction of sp³-hybridized carbons (Fsp3) is 0.211. The van der Waals surface area contributed by atoms with Crippen LogP contribution in [0.4, 0.5) is 0 Å². The zero-order valence-electron chi connectivity index (χ0n) is 24.3. The summed E-state index contributed by atoms with van der Waals surface area (Å²) in [5, 5.41) is 0. The summed E-state index contributed by atoms with van der Waals surface area (Å²) in [6.45, 7) is 10.4. The summed E-state index contributed by atoms with van der Waals surface area (Å²) >= 11 is 0. The van der Waals surface area contributed by atoms with Gasteiger partial charge in [-0.2, -0.15) is 0 Å². The lowest BCUT2D eigenvalue weighted by Crippen LogP contribution is -1.95. The van der Waals surface area contributed by atoms with E-state index in [-0.39, 0.29) is 0 Å². The molecule has 0 aromatic heterocycles. The van der Waals surface area contributed by atoms with Crippen LogP contribution in [0.25, 0.3) is 12.2 Å². The third-order valence-corrected chi connectivity index (χ3v) is 6.81. The molecule has 4 heteroatoms. The average molecular weight is 557 g/mol. The molecule has 0 unspecified atom stereocenters. The molecule has 0 aliphatic heterocycles. The van der Waals surface area contributed by atoms with Gasteiger partial charge in [0.2, 0.25) is 0 Å². The molecule has 0 saturated heterocycles. The van der Waals surface area contributed by atoms with Crippen molar-refractivity contribution in [3.63, 3.8) is 0 Å². The van der Waals surface area contributed by atoms with Gasteiger partial charge < -0.3 is 9.47 Å². The first-order chi connectivity index (χ1) is 20.7. The van der Waals surface area contributed by atoms with Crippen molar-refractivity contribution in [3.8, 4) is 11.5 Å². The number of hydrogen-bond donors (Lipinski definition) is 0. The highest BCUT2D eigenvalue weighted by Crippen LogP contribution is 2.16. The van der Waals surface area contributed by atoms with Crippen LogP contribution in [0.1, 0.15) is 59.1 Å². The third-order valence-electron chi connectivity index (χ3n) is 6.81. The molecular formula is C38H40N2O2. The predicted molar refractivity (Wildman–Crippen MR) is 178 cm³/mol. The van der Waals surface area contributed by atoms with E-state index >= 15 is 0 Å². The van der Waals surface area contributed by atoms with Crippen LogP contribution in [0.15, 0.2) is 120 Å². The molecule has 4 aromatic rings. The lowest BCUT2D eigenvalue weighted by molar-refractivity contribution is 0.306. The lowest BCUT2D eigenvalue weighted by atomic mass is 10.1. The maximum atomic E-state index is 5.89. The Hall–Kier alpha value is -4.70. The van der Waals surface area contributed by atoms with Gasteiger partial charge in [-0.1, -0.05) is 86.7 Å². The largest absolute Gasteiger partial charge is 0.489 e. The Balaban J connectivity index is 1.03. The Kier molecular flexibility index (Phi) is 12.4. The van der Waals surface area contributed by atoms with Crippen molar-refractivity contribution in [2.45, 2.75) is 38.9 Å². The van der Waals surface area contributed by atoms with Gasteiger partial charge in [-0.3, -0.25) is 9.98 Å². The minimum atomic E-state index is 0.548. The highest BCUT2D eigenvalue weighted by atomic mass is 16.5. The SMILES string of the molecule is C=Cc1ccc(COc2ccc(C=NCCCCCCN=Cc3ccc(OCc4ccc(C=C)cc4)cc3)cc2)cc1. The second kappa shape index (κ2) is 17.2. The molecule has 42 heavy (non-hydrogen) atoms. The fourth-order valence-corrected chi connectivity index (χ4v) is 4.23. The van der Waals surface area contributed by atoms with Crippen LogP contribution >= 0.6 is 0 Å². The molecule has 0 bridgehead atoms. The molecule has 0 fully saturated rings. The Labute approximate surface area is 250 Å². The van der Waals surface area contributed by atoms with Crippen molar-refractivity contribution in [3.05, 3.63) is 144 Å². The van der Waals surface area contributed by atoms with Crippen LogP contribution in [0.5, 0.6) is 11.5 Å². The maximum absolute atomic E-state index is 5.89. The Morgan fingerprint density at radius 1 is 0.452 bits per heavy atom. The molecule has 0 saturated carbocycles. The first kappa shape index (κ1) is 30.3. The van der Waals surface area contributed by atoms with E-state index in [1.807, 2.05) is 97.4 Å². The van der Waals surface area contributed by atoms with Crippen LogP contribution in [-0.2, 0) is 13.2 Å². The summed E-state index contributed by atoms with van der Waals surface area (Å²) in [6, 6.07) is 32.6. The quantitative estimate of drug-likeness (QED) is 0.0961. The first-order valence-electron chi connectivity index (χ1n) is 14.6. The molecule has 0 atom stereocenters. The van der Waals surface area contributed by atoms with Gasteiger partial charge in [-0.15, -0.1) is 0 Å². The molecule has 214 valence electrons. The molecule has 0 radical (unpaired) electrons. The number of ether oxygens (including phenoxy) is 2. The highest BCUT2D eigenvalue weighted by Gasteiger charge is 1.99. The van der Waals surface area contributed by atoms with Crippen LogP contribution in [0.2, 0.25) is 0 Å². The van der Waals surface area contributed by atoms with E-state index < -0.39 is 0 Å². The van der Waals surface area contributed by atoms with E-state index in [2.05, 4.69) is 47.4 Å². The molecule has 0 heterocycles. The van der Waals surface area contributed by atoms with Crippen molar-refractivity contribution in [2.75, 3.05) is 13.1 Å². The van der Waals surface area contributed by atoms with Gasteiger partial charge >= 0.3 is 0 Å². The van der Waals surface area contributed by atoms with Crippen molar-refractivity contribution in [1.82, 2.24) is 0 Å². The first-order valence-corrected chi connectivity index (χ1v) is 14.6. The van der Waals surface area contributed by atoms with Crippen molar-refractivity contribution < 1.29 is 9.47 Å². The minimum Gasteiger partial charge on any atom is -0.489 e. The molecule has 0 aliphatic carbocycles. The topological polar surface area (TPSA) is 43.2 Å². The van der Waals surface area contributed by atoms with Gasteiger partial charge in [0.15, 0.2) is 0 Å². The molecule has 4 nitrogen and oxygen atoms in total. The predicted octanol–water partition coefficient (Wildman–Crippen LogP) is 9.23. The normalized spacial score (nSPS) is 11.1. The van der Waals surface area contributed by atoms with Gasteiger partial charge in [-0.05, 0) is 94.8 Å². The summed E-state index contributed by atoms with van der Waals surface area (Å²) in [7, 11) is 0. The summed E-state index contributed by atoms with van der Waals surface area (Å²) in [5.74, 6) is 1.71. The number of unbranched alkanes of at least 4 members (excludes halogenated alkanes) is 3. The van der Waals surface area contributed by atoms with E-state index in [0.29, 0.717) is 13.2 Å². The maximum Gasteiger partial charge on any atom is 0.119 e. The van der Waals surface area contributed by atoms with Crippen molar-refractivity contribution >= 4 is 24.6 Å². The van der Waals surface area contributed by atoms with Crippen molar-refractivity contribution in [2.24, 2.45) is 9.98 Å². The standard InChI is InChI=1S/C38H40N2O2/c1-3-31-9-13-35(14-10-31)29-41-37-21-17-33(18-22-37)27-39-25-7-5-6-8-26-40-28-34-19-23-38(24-20-34)42-30-36-15-11-32(4-2)12-16-36/h3-4,9-24,27-28H,1-2,5-8,25-26,29-30H2. The number of aliphatic imine (C=N–C) groups is 2. The minimum absolute atomic E-state index is 0.548. The molecule has 0 spiro atoms. The van der Waals surface area contributed by atoms with Crippen LogP contribution in [0, 0.1) is 0 Å². The Morgan fingerprint density at radius 3 is 1.17 bits per heavy atom. The zero-order chi connectivity index (χ0) is 29.2. The van der Waals surface area contributed by atoms with E-state index in [4.69, 9.17) is 9.47 Å². The number of rotatable bonds is 17. The zero-order valence-corrected chi connectivity index (χ0v) is 24.3. The summed E-state index contributed by atoms with van der Waals surface area (Å²) in [4.78, 5) is 9.16. The molecule has 0 aliphatic rings.